The van der Waals surface area contributed by atoms with Crippen LogP contribution in [0.4, 0.5) is 0 Å². The summed E-state index contributed by atoms with van der Waals surface area (Å²) in [6.07, 6.45) is 3.99. The second-order valence-corrected chi connectivity index (χ2v) is 7.67. The van der Waals surface area contributed by atoms with Gasteiger partial charge in [-0.15, -0.1) is 24.0 Å². The molecule has 3 N–H and O–H groups in total. The molecule has 150 valence electrons. The van der Waals surface area contributed by atoms with Gasteiger partial charge in [-0.3, -0.25) is 4.99 Å². The fraction of sp³-hybridized carbons (Fsp3) is 0.353. The molecule has 0 bridgehead atoms. The molecule has 2 aromatic rings. The van der Waals surface area contributed by atoms with Crippen molar-refractivity contribution in [1.29, 1.82) is 0 Å². The van der Waals surface area contributed by atoms with Gasteiger partial charge in [-0.05, 0) is 37.3 Å². The molecular formula is C17H25ClIN5O2S. The van der Waals surface area contributed by atoms with Crippen molar-refractivity contribution in [2.45, 2.75) is 18.4 Å². The molecule has 2 rings (SSSR count). The third-order valence-corrected chi connectivity index (χ3v) is 5.15. The van der Waals surface area contributed by atoms with Crippen molar-refractivity contribution in [2.24, 2.45) is 4.99 Å². The molecule has 0 amide bonds. The number of benzene rings is 1. The quantitative estimate of drug-likeness (QED) is 0.203. The van der Waals surface area contributed by atoms with E-state index in [0.29, 0.717) is 17.5 Å². The van der Waals surface area contributed by atoms with Crippen molar-refractivity contribution >= 4 is 51.6 Å². The average molecular weight is 526 g/mol. The monoisotopic (exact) mass is 525 g/mol. The molecule has 0 spiro atoms. The molecule has 0 aliphatic carbocycles. The van der Waals surface area contributed by atoms with Crippen molar-refractivity contribution in [3.63, 3.8) is 0 Å². The first-order valence-electron chi connectivity index (χ1n) is 8.39. The molecule has 0 aliphatic rings. The normalized spacial score (nSPS) is 11.7. The molecule has 0 aliphatic heterocycles. The summed E-state index contributed by atoms with van der Waals surface area (Å²) in [6.45, 7) is 4.75. The Labute approximate surface area is 182 Å². The van der Waals surface area contributed by atoms with E-state index in [1.807, 2.05) is 31.5 Å². The summed E-state index contributed by atoms with van der Waals surface area (Å²) in [5.41, 5.74) is 0. The molecule has 0 fully saturated rings. The van der Waals surface area contributed by atoms with Crippen molar-refractivity contribution in [2.75, 3.05) is 26.2 Å². The van der Waals surface area contributed by atoms with Gasteiger partial charge in [-0.1, -0.05) is 17.7 Å². The maximum atomic E-state index is 12.2. The van der Waals surface area contributed by atoms with Crippen LogP contribution in [0.3, 0.4) is 0 Å². The average Bonchev–Trinajstić information content (AvgIpc) is 3.12. The maximum Gasteiger partial charge on any atom is 0.240 e. The molecular weight excluding hydrogens is 501 g/mol. The maximum absolute atomic E-state index is 12.2. The van der Waals surface area contributed by atoms with Crippen LogP contribution in [0.2, 0.25) is 5.02 Å². The van der Waals surface area contributed by atoms with Crippen LogP contribution in [0.15, 0.2) is 58.7 Å². The van der Waals surface area contributed by atoms with Gasteiger partial charge in [0, 0.05) is 43.6 Å². The molecule has 0 atom stereocenters. The van der Waals surface area contributed by atoms with E-state index in [0.717, 1.165) is 19.6 Å². The highest BCUT2D eigenvalue weighted by molar-refractivity contribution is 14.0. The van der Waals surface area contributed by atoms with Crippen LogP contribution in [-0.4, -0.2) is 45.1 Å². The van der Waals surface area contributed by atoms with Gasteiger partial charge < -0.3 is 15.2 Å². The van der Waals surface area contributed by atoms with Crippen molar-refractivity contribution in [1.82, 2.24) is 19.9 Å². The van der Waals surface area contributed by atoms with Crippen LogP contribution in [0.5, 0.6) is 0 Å². The minimum absolute atomic E-state index is 0. The van der Waals surface area contributed by atoms with E-state index in [-0.39, 0.29) is 35.4 Å². The van der Waals surface area contributed by atoms with Crippen LogP contribution in [-0.2, 0) is 16.6 Å². The number of nitrogens with zero attached hydrogens (tertiary/aromatic N) is 2. The molecule has 0 saturated carbocycles. The Balaban J connectivity index is 0.00000364. The van der Waals surface area contributed by atoms with Gasteiger partial charge in [-0.25, -0.2) is 13.1 Å². The van der Waals surface area contributed by atoms with Gasteiger partial charge in [0.15, 0.2) is 5.96 Å². The number of sulfonamides is 1. The third kappa shape index (κ3) is 8.50. The van der Waals surface area contributed by atoms with E-state index in [9.17, 15) is 8.42 Å². The predicted molar refractivity (Wildman–Crippen MR) is 120 cm³/mol. The van der Waals surface area contributed by atoms with E-state index >= 15 is 0 Å². The number of aromatic nitrogens is 1. The minimum Gasteiger partial charge on any atom is -0.357 e. The van der Waals surface area contributed by atoms with Crippen LogP contribution in [0.1, 0.15) is 6.92 Å². The first kappa shape index (κ1) is 23.7. The van der Waals surface area contributed by atoms with Gasteiger partial charge in [-0.2, -0.15) is 0 Å². The summed E-state index contributed by atoms with van der Waals surface area (Å²) < 4.78 is 29.0. The lowest BCUT2D eigenvalue weighted by Crippen LogP contribution is -2.39. The Bertz CT molecular complexity index is 812. The van der Waals surface area contributed by atoms with Crippen molar-refractivity contribution in [3.8, 4) is 0 Å². The zero-order chi connectivity index (χ0) is 18.8. The summed E-state index contributed by atoms with van der Waals surface area (Å²) in [7, 11) is -3.59. The standard InChI is InChI=1S/C17H24ClN5O2S.HI/c1-2-19-17(21-10-13-23-11-3-4-12-23)20-8-9-22-26(24,25)16-7-5-6-15(18)14-16;/h3-7,11-12,14,22H,2,8-10,13H2,1H3,(H2,19,20,21);1H. The number of hydrogen-bond acceptors (Lipinski definition) is 3. The smallest absolute Gasteiger partial charge is 0.240 e. The molecule has 0 unspecified atom stereocenters. The van der Waals surface area contributed by atoms with E-state index in [4.69, 9.17) is 11.6 Å². The number of rotatable bonds is 9. The molecule has 27 heavy (non-hydrogen) atoms. The fourth-order valence-corrected chi connectivity index (χ4v) is 3.55. The summed E-state index contributed by atoms with van der Waals surface area (Å²) in [6, 6.07) is 10.1. The number of halogens is 2. The van der Waals surface area contributed by atoms with Crippen molar-refractivity contribution < 1.29 is 8.42 Å². The Morgan fingerprint density at radius 3 is 2.56 bits per heavy atom. The number of aliphatic imine (C=N–C) groups is 1. The molecule has 1 aromatic heterocycles. The summed E-state index contributed by atoms with van der Waals surface area (Å²) in [4.78, 5) is 4.52. The van der Waals surface area contributed by atoms with Gasteiger partial charge in [0.25, 0.3) is 0 Å². The zero-order valence-electron chi connectivity index (χ0n) is 15.1. The van der Waals surface area contributed by atoms with Gasteiger partial charge in [0.05, 0.1) is 11.4 Å². The Morgan fingerprint density at radius 2 is 1.89 bits per heavy atom. The van der Waals surface area contributed by atoms with Gasteiger partial charge in [0.1, 0.15) is 0 Å². The lowest BCUT2D eigenvalue weighted by atomic mass is 10.4. The topological polar surface area (TPSA) is 87.5 Å². The SMILES string of the molecule is CCNC(=NCCNS(=O)(=O)c1cccc(Cl)c1)NCCn1cccc1.I. The predicted octanol–water partition coefficient (Wildman–Crippen LogP) is 2.29. The van der Waals surface area contributed by atoms with Crippen LogP contribution < -0.4 is 15.4 Å². The Kier molecular flexibility index (Phi) is 10.7. The van der Waals surface area contributed by atoms with Gasteiger partial charge in [0.2, 0.25) is 10.0 Å². The largest absolute Gasteiger partial charge is 0.357 e. The van der Waals surface area contributed by atoms with Crippen LogP contribution in [0.25, 0.3) is 0 Å². The fourth-order valence-electron chi connectivity index (χ4n) is 2.23. The first-order valence-corrected chi connectivity index (χ1v) is 10.3. The molecule has 1 heterocycles. The van der Waals surface area contributed by atoms with E-state index in [1.165, 1.54) is 12.1 Å². The molecule has 10 heteroatoms. The van der Waals surface area contributed by atoms with Crippen LogP contribution in [0, 0.1) is 0 Å². The van der Waals surface area contributed by atoms with Gasteiger partial charge >= 0.3 is 0 Å². The number of nitrogens with one attached hydrogen (secondary N) is 3. The lowest BCUT2D eigenvalue weighted by Gasteiger charge is -2.12. The van der Waals surface area contributed by atoms with E-state index < -0.39 is 10.0 Å². The molecule has 1 aromatic carbocycles. The van der Waals surface area contributed by atoms with E-state index in [2.05, 4.69) is 24.9 Å². The minimum atomic E-state index is -3.59. The summed E-state index contributed by atoms with van der Waals surface area (Å²) >= 11 is 5.84. The lowest BCUT2D eigenvalue weighted by molar-refractivity contribution is 0.582. The third-order valence-electron chi connectivity index (χ3n) is 3.45. The zero-order valence-corrected chi connectivity index (χ0v) is 19.0. The van der Waals surface area contributed by atoms with E-state index in [1.54, 1.807) is 12.1 Å². The second kappa shape index (κ2) is 12.2. The summed E-state index contributed by atoms with van der Waals surface area (Å²) in [5, 5.41) is 6.74. The van der Waals surface area contributed by atoms with Crippen molar-refractivity contribution in [3.05, 3.63) is 53.8 Å². The highest BCUT2D eigenvalue weighted by Crippen LogP contribution is 2.14. The Morgan fingerprint density at radius 1 is 1.15 bits per heavy atom. The summed E-state index contributed by atoms with van der Waals surface area (Å²) in [5.74, 6) is 0.654. The molecule has 0 saturated heterocycles. The highest BCUT2D eigenvalue weighted by atomic mass is 127. The Hall–Kier alpha value is -1.30. The first-order chi connectivity index (χ1) is 12.5. The second-order valence-electron chi connectivity index (χ2n) is 5.46. The van der Waals surface area contributed by atoms with Crippen LogP contribution >= 0.6 is 35.6 Å². The highest BCUT2D eigenvalue weighted by Gasteiger charge is 2.13. The number of hydrogen-bond donors (Lipinski definition) is 3. The molecule has 7 nitrogen and oxygen atoms in total. The number of guanidine groups is 1. The molecule has 0 radical (unpaired) electrons.